The quantitative estimate of drug-likeness (QED) is 0.256. The first-order valence-electron chi connectivity index (χ1n) is 12.4. The van der Waals surface area contributed by atoms with Crippen LogP contribution in [0.15, 0.2) is 48.5 Å². The van der Waals surface area contributed by atoms with Crippen molar-refractivity contribution in [2.24, 2.45) is 5.92 Å². The lowest BCUT2D eigenvalue weighted by Gasteiger charge is -2.35. The van der Waals surface area contributed by atoms with Gasteiger partial charge in [-0.1, -0.05) is 48.5 Å². The zero-order chi connectivity index (χ0) is 25.7. The van der Waals surface area contributed by atoms with Gasteiger partial charge in [-0.25, -0.2) is 4.79 Å². The van der Waals surface area contributed by atoms with Crippen LogP contribution < -0.4 is 5.32 Å². The second-order valence-electron chi connectivity index (χ2n) is 10.3. The summed E-state index contributed by atoms with van der Waals surface area (Å²) in [5.74, 6) is -0.395. The average Bonchev–Trinajstić information content (AvgIpc) is 3.15. The lowest BCUT2D eigenvalue weighted by atomic mass is 9.95. The number of hydrogen-bond donors (Lipinski definition) is 1. The fraction of sp³-hybridized carbons (Fsp3) is 0.464. The Balaban J connectivity index is 1.30. The van der Waals surface area contributed by atoms with Crippen LogP contribution in [0, 0.1) is 5.92 Å². The lowest BCUT2D eigenvalue weighted by Crippen LogP contribution is -2.48. The molecule has 2 aromatic carbocycles. The molecule has 1 N–H and O–H groups in total. The van der Waals surface area contributed by atoms with Crippen molar-refractivity contribution in [2.75, 3.05) is 26.2 Å². The van der Waals surface area contributed by atoms with Gasteiger partial charge < -0.3 is 14.2 Å². The summed E-state index contributed by atoms with van der Waals surface area (Å²) in [6.07, 6.45) is -0.0997. The maximum Gasteiger partial charge on any atom is 0.410 e. The summed E-state index contributed by atoms with van der Waals surface area (Å²) < 4.78 is 16.2. The fourth-order valence-electron chi connectivity index (χ4n) is 5.05. The van der Waals surface area contributed by atoms with Crippen LogP contribution in [0.1, 0.15) is 50.7 Å². The lowest BCUT2D eigenvalue weighted by molar-refractivity contribution is -0.156. The number of benzene rings is 2. The van der Waals surface area contributed by atoms with Gasteiger partial charge in [0.1, 0.15) is 12.2 Å². The third-order valence-electron chi connectivity index (χ3n) is 6.64. The molecule has 2 aliphatic rings. The first-order chi connectivity index (χ1) is 17.2. The molecule has 2 aromatic rings. The number of alkyl carbamates (subject to hydrolysis) is 1. The van der Waals surface area contributed by atoms with Crippen LogP contribution in [-0.2, 0) is 23.8 Å². The van der Waals surface area contributed by atoms with E-state index in [1.807, 2.05) is 49.9 Å². The number of hydrogen-bond acceptors (Lipinski definition) is 7. The van der Waals surface area contributed by atoms with Crippen LogP contribution in [0.2, 0.25) is 0 Å². The van der Waals surface area contributed by atoms with Crippen molar-refractivity contribution in [2.45, 2.75) is 51.4 Å². The van der Waals surface area contributed by atoms with Gasteiger partial charge in [0.2, 0.25) is 0 Å². The monoisotopic (exact) mass is 494 g/mol. The van der Waals surface area contributed by atoms with Crippen molar-refractivity contribution >= 4 is 18.5 Å². The highest BCUT2D eigenvalue weighted by molar-refractivity contribution is 5.79. The Morgan fingerprint density at radius 1 is 1.03 bits per heavy atom. The summed E-state index contributed by atoms with van der Waals surface area (Å²) in [6, 6.07) is 16.3. The molecular formula is C28H34N2O6. The van der Waals surface area contributed by atoms with Crippen LogP contribution in [0.25, 0.3) is 11.1 Å². The van der Waals surface area contributed by atoms with E-state index in [4.69, 9.17) is 14.2 Å². The number of esters is 1. The number of piperidine rings is 1. The first kappa shape index (κ1) is 25.7. The number of fused-ring (bicyclic) bond motifs is 3. The smallest absolute Gasteiger partial charge is 0.410 e. The van der Waals surface area contributed by atoms with Gasteiger partial charge >= 0.3 is 12.1 Å². The molecule has 1 fully saturated rings. The van der Waals surface area contributed by atoms with Gasteiger partial charge in [-0.15, -0.1) is 0 Å². The molecule has 8 nitrogen and oxygen atoms in total. The number of rotatable bonds is 8. The summed E-state index contributed by atoms with van der Waals surface area (Å²) in [5.41, 5.74) is 4.05. The van der Waals surface area contributed by atoms with E-state index in [2.05, 4.69) is 29.6 Å². The van der Waals surface area contributed by atoms with E-state index in [9.17, 15) is 14.4 Å². The molecule has 0 bridgehead atoms. The van der Waals surface area contributed by atoms with Crippen molar-refractivity contribution < 1.29 is 28.6 Å². The number of carbonyl (C=O) groups is 3. The van der Waals surface area contributed by atoms with E-state index in [1.165, 1.54) is 0 Å². The Hall–Kier alpha value is -3.39. The summed E-state index contributed by atoms with van der Waals surface area (Å²) in [7, 11) is 0. The Morgan fingerprint density at radius 2 is 1.61 bits per heavy atom. The van der Waals surface area contributed by atoms with Gasteiger partial charge in [-0.05, 0) is 69.0 Å². The minimum atomic E-state index is -0.790. The SMILES string of the molecule is CC(C)(C)OC(=O)CN1CCC([C@H](NC(=O)OCC2c3ccccc3-c3ccccc32)OC=O)CC1. The zero-order valence-corrected chi connectivity index (χ0v) is 21.1. The molecule has 36 heavy (non-hydrogen) atoms. The molecule has 8 heteroatoms. The molecule has 0 saturated carbocycles. The molecule has 0 unspecified atom stereocenters. The van der Waals surface area contributed by atoms with E-state index in [0.717, 1.165) is 22.3 Å². The number of nitrogens with one attached hydrogen (secondary N) is 1. The summed E-state index contributed by atoms with van der Waals surface area (Å²) in [5, 5.41) is 2.72. The molecule has 1 heterocycles. The maximum atomic E-state index is 12.7. The third kappa shape index (κ3) is 6.23. The minimum absolute atomic E-state index is 0.0512. The van der Waals surface area contributed by atoms with E-state index >= 15 is 0 Å². The van der Waals surface area contributed by atoms with Gasteiger partial charge in [0.05, 0.1) is 6.54 Å². The Kier molecular flexibility index (Phi) is 7.94. The highest BCUT2D eigenvalue weighted by atomic mass is 16.6. The number of nitrogens with zero attached hydrogens (tertiary/aromatic N) is 1. The Morgan fingerprint density at radius 3 is 2.17 bits per heavy atom. The molecular weight excluding hydrogens is 460 g/mol. The highest BCUT2D eigenvalue weighted by Gasteiger charge is 2.32. The van der Waals surface area contributed by atoms with E-state index in [1.54, 1.807) is 0 Å². The molecule has 1 aliphatic heterocycles. The van der Waals surface area contributed by atoms with Gasteiger partial charge in [0, 0.05) is 11.8 Å². The standard InChI is InChI=1S/C28H34N2O6/c1-28(2,3)36-25(32)16-30-14-12-19(13-15-30)26(35-18-31)29-27(33)34-17-24-22-10-6-4-8-20(22)21-9-5-7-11-23(21)24/h4-11,18-19,24,26H,12-17H2,1-3H3,(H,29,33)/t26-/m1/s1. The number of ether oxygens (including phenoxy) is 3. The molecule has 1 aliphatic carbocycles. The first-order valence-corrected chi connectivity index (χ1v) is 12.4. The molecule has 192 valence electrons. The fourth-order valence-corrected chi connectivity index (χ4v) is 5.05. The molecule has 1 amide bonds. The van der Waals surface area contributed by atoms with Crippen LogP contribution in [0.4, 0.5) is 4.79 Å². The van der Waals surface area contributed by atoms with Crippen LogP contribution in [0.3, 0.4) is 0 Å². The highest BCUT2D eigenvalue weighted by Crippen LogP contribution is 2.44. The van der Waals surface area contributed by atoms with Crippen molar-refractivity contribution in [3.8, 4) is 11.1 Å². The molecule has 0 aromatic heterocycles. The molecule has 4 rings (SSSR count). The van der Waals surface area contributed by atoms with E-state index in [-0.39, 0.29) is 31.0 Å². The van der Waals surface area contributed by atoms with Crippen LogP contribution in [0.5, 0.6) is 0 Å². The van der Waals surface area contributed by atoms with Gasteiger partial charge in [-0.2, -0.15) is 0 Å². The van der Waals surface area contributed by atoms with Gasteiger partial charge in [0.25, 0.3) is 6.47 Å². The maximum absolute atomic E-state index is 12.7. The van der Waals surface area contributed by atoms with Crippen molar-refractivity contribution in [3.05, 3.63) is 59.7 Å². The minimum Gasteiger partial charge on any atom is -0.459 e. The van der Waals surface area contributed by atoms with E-state index < -0.39 is 17.9 Å². The second kappa shape index (κ2) is 11.1. The van der Waals surface area contributed by atoms with Crippen molar-refractivity contribution in [3.63, 3.8) is 0 Å². The Bertz CT molecular complexity index is 1040. The predicted molar refractivity (Wildman–Crippen MR) is 134 cm³/mol. The second-order valence-corrected chi connectivity index (χ2v) is 10.3. The average molecular weight is 495 g/mol. The number of likely N-dealkylation sites (tertiary alicyclic amines) is 1. The molecule has 1 saturated heterocycles. The third-order valence-corrected chi connectivity index (χ3v) is 6.64. The molecule has 0 spiro atoms. The van der Waals surface area contributed by atoms with Gasteiger partial charge in [-0.3, -0.25) is 19.8 Å². The summed E-state index contributed by atoms with van der Waals surface area (Å²) in [6.45, 7) is 7.53. The molecule has 0 radical (unpaired) electrons. The predicted octanol–water partition coefficient (Wildman–Crippen LogP) is 4.08. The normalized spacial score (nSPS) is 17.0. The van der Waals surface area contributed by atoms with Crippen LogP contribution in [-0.4, -0.2) is 61.5 Å². The number of amides is 1. The zero-order valence-electron chi connectivity index (χ0n) is 21.1. The summed E-state index contributed by atoms with van der Waals surface area (Å²) in [4.78, 5) is 38.0. The van der Waals surface area contributed by atoms with Crippen molar-refractivity contribution in [1.82, 2.24) is 10.2 Å². The van der Waals surface area contributed by atoms with Crippen molar-refractivity contribution in [1.29, 1.82) is 0 Å². The Labute approximate surface area is 211 Å². The van der Waals surface area contributed by atoms with Crippen LogP contribution >= 0.6 is 0 Å². The summed E-state index contributed by atoms with van der Waals surface area (Å²) >= 11 is 0. The number of carbonyl (C=O) groups excluding carboxylic acids is 3. The van der Waals surface area contributed by atoms with E-state index in [0.29, 0.717) is 32.4 Å². The largest absolute Gasteiger partial charge is 0.459 e. The molecule has 1 atom stereocenters. The van der Waals surface area contributed by atoms with Gasteiger partial charge in [0.15, 0.2) is 6.23 Å². The topological polar surface area (TPSA) is 94.2 Å².